The fourth-order valence-corrected chi connectivity index (χ4v) is 4.22. The number of rotatable bonds is 8. The van der Waals surface area contributed by atoms with Crippen molar-refractivity contribution in [3.63, 3.8) is 0 Å². The smallest absolute Gasteiger partial charge is 0.329 e. The normalized spacial score (nSPS) is 10.8. The van der Waals surface area contributed by atoms with Crippen molar-refractivity contribution in [2.45, 2.75) is 6.61 Å². The van der Waals surface area contributed by atoms with Gasteiger partial charge < -0.3 is 20.5 Å². The van der Waals surface area contributed by atoms with E-state index >= 15 is 0 Å². The topological polar surface area (TPSA) is 132 Å². The van der Waals surface area contributed by atoms with Gasteiger partial charge in [-0.05, 0) is 74.2 Å². The molecule has 0 spiro atoms. The Balaban J connectivity index is 1.39. The van der Waals surface area contributed by atoms with Gasteiger partial charge in [-0.15, -0.1) is 0 Å². The Morgan fingerprint density at radius 1 is 0.974 bits per heavy atom. The van der Waals surface area contributed by atoms with E-state index in [0.29, 0.717) is 33.8 Å². The van der Waals surface area contributed by atoms with Gasteiger partial charge in [0.2, 0.25) is 5.91 Å². The number of anilines is 1. The number of nitrogens with one attached hydrogen (secondary N) is 2. The Hall–Kier alpha value is -4.70. The lowest BCUT2D eigenvalue weighted by Gasteiger charge is -2.14. The zero-order chi connectivity index (χ0) is 27.1. The molecule has 38 heavy (non-hydrogen) atoms. The summed E-state index contributed by atoms with van der Waals surface area (Å²) < 4.78 is 12.2. The van der Waals surface area contributed by atoms with Crippen LogP contribution in [0.3, 0.4) is 0 Å². The second-order valence-electron chi connectivity index (χ2n) is 8.06. The molecule has 3 amide bonds. The van der Waals surface area contributed by atoms with Gasteiger partial charge >= 0.3 is 11.8 Å². The van der Waals surface area contributed by atoms with Crippen molar-refractivity contribution in [2.75, 3.05) is 12.4 Å². The molecule has 0 saturated heterocycles. The van der Waals surface area contributed by atoms with Crippen LogP contribution in [0.5, 0.6) is 11.5 Å². The lowest BCUT2D eigenvalue weighted by Crippen LogP contribution is -2.32. The van der Waals surface area contributed by atoms with E-state index in [1.807, 2.05) is 30.3 Å². The number of fused-ring (bicyclic) bond motifs is 1. The van der Waals surface area contributed by atoms with Crippen LogP contribution in [-0.2, 0) is 16.2 Å². The third-order valence-electron chi connectivity index (χ3n) is 5.52. The molecule has 0 aliphatic heterocycles. The van der Waals surface area contributed by atoms with Crippen LogP contribution >= 0.6 is 15.9 Å². The number of hydrogen-bond acceptors (Lipinski definition) is 6. The average molecular weight is 575 g/mol. The summed E-state index contributed by atoms with van der Waals surface area (Å²) in [6, 6.07) is 23.4. The number of ether oxygens (including phenoxy) is 2. The number of amides is 3. The first-order chi connectivity index (χ1) is 18.4. The quantitative estimate of drug-likeness (QED) is 0.163. The van der Waals surface area contributed by atoms with Gasteiger partial charge in [-0.25, -0.2) is 5.43 Å². The molecule has 0 aliphatic rings. The highest BCUT2D eigenvalue weighted by Gasteiger charge is 2.15. The molecule has 0 heterocycles. The number of hydrogen-bond donors (Lipinski definition) is 3. The van der Waals surface area contributed by atoms with Crippen molar-refractivity contribution in [2.24, 2.45) is 10.8 Å². The second-order valence-corrected chi connectivity index (χ2v) is 8.91. The third-order valence-corrected chi connectivity index (χ3v) is 6.11. The van der Waals surface area contributed by atoms with Crippen molar-refractivity contribution in [3.8, 4) is 11.5 Å². The van der Waals surface area contributed by atoms with Gasteiger partial charge in [-0.3, -0.25) is 14.4 Å². The van der Waals surface area contributed by atoms with Crippen molar-refractivity contribution in [1.82, 2.24) is 5.43 Å². The van der Waals surface area contributed by atoms with Gasteiger partial charge in [0.15, 0.2) is 11.5 Å². The van der Waals surface area contributed by atoms with E-state index in [0.717, 1.165) is 16.3 Å². The number of hydrazone groups is 1. The molecule has 10 heteroatoms. The van der Waals surface area contributed by atoms with Crippen LogP contribution in [0.1, 0.15) is 21.5 Å². The van der Waals surface area contributed by atoms with Crippen molar-refractivity contribution < 1.29 is 23.9 Å². The van der Waals surface area contributed by atoms with Crippen molar-refractivity contribution in [1.29, 1.82) is 0 Å². The first-order valence-electron chi connectivity index (χ1n) is 11.4. The number of carbonyl (C=O) groups is 3. The molecule has 0 bridgehead atoms. The molecule has 0 atom stereocenters. The number of nitrogens with two attached hydrogens (primary N) is 1. The molecule has 4 aromatic rings. The van der Waals surface area contributed by atoms with Gasteiger partial charge in [0, 0.05) is 11.3 Å². The van der Waals surface area contributed by atoms with E-state index < -0.39 is 17.7 Å². The minimum atomic E-state index is -0.971. The molecule has 0 radical (unpaired) electrons. The molecule has 0 saturated carbocycles. The summed E-state index contributed by atoms with van der Waals surface area (Å²) in [4.78, 5) is 35.3. The van der Waals surface area contributed by atoms with Crippen LogP contribution in [0.2, 0.25) is 0 Å². The van der Waals surface area contributed by atoms with Crippen LogP contribution in [0.4, 0.5) is 5.69 Å². The summed E-state index contributed by atoms with van der Waals surface area (Å²) in [5, 5.41) is 8.50. The van der Waals surface area contributed by atoms with E-state index in [1.54, 1.807) is 12.1 Å². The number of primary amides is 1. The molecule has 9 nitrogen and oxygen atoms in total. The zero-order valence-corrected chi connectivity index (χ0v) is 21.8. The first kappa shape index (κ1) is 26.4. The maximum absolute atomic E-state index is 12.1. The largest absolute Gasteiger partial charge is 0.493 e. The summed E-state index contributed by atoms with van der Waals surface area (Å²) in [5.74, 6) is -1.51. The highest BCUT2D eigenvalue weighted by atomic mass is 79.9. The third kappa shape index (κ3) is 6.34. The predicted octanol–water partition coefficient (Wildman–Crippen LogP) is 4.38. The van der Waals surface area contributed by atoms with Crippen molar-refractivity contribution >= 4 is 56.3 Å². The van der Waals surface area contributed by atoms with E-state index in [9.17, 15) is 14.4 Å². The maximum Gasteiger partial charge on any atom is 0.329 e. The Bertz CT molecular complexity index is 1530. The molecule has 4 N–H and O–H groups in total. The van der Waals surface area contributed by atoms with Gasteiger partial charge in [-0.1, -0.05) is 42.5 Å². The Morgan fingerprint density at radius 2 is 1.71 bits per heavy atom. The highest BCUT2D eigenvalue weighted by Crippen LogP contribution is 2.37. The fourth-order valence-electron chi connectivity index (χ4n) is 3.64. The summed E-state index contributed by atoms with van der Waals surface area (Å²) in [5.41, 5.74) is 9.59. The molecule has 4 aromatic carbocycles. The lowest BCUT2D eigenvalue weighted by molar-refractivity contribution is -0.136. The number of benzene rings is 4. The number of nitrogens with zero attached hydrogens (tertiary/aromatic N) is 1. The van der Waals surface area contributed by atoms with Gasteiger partial charge in [-0.2, -0.15) is 5.10 Å². The van der Waals surface area contributed by atoms with E-state index in [1.165, 1.54) is 37.6 Å². The lowest BCUT2D eigenvalue weighted by atomic mass is 10.1. The molecule has 0 unspecified atom stereocenters. The number of carbonyl (C=O) groups excluding carboxylic acids is 3. The Kier molecular flexibility index (Phi) is 8.34. The predicted molar refractivity (Wildman–Crippen MR) is 148 cm³/mol. The monoisotopic (exact) mass is 574 g/mol. The maximum atomic E-state index is 12.1. The average Bonchev–Trinajstić information content (AvgIpc) is 2.92. The summed E-state index contributed by atoms with van der Waals surface area (Å²) in [6.07, 6.45) is 1.37. The van der Waals surface area contributed by atoms with Gasteiger partial charge in [0.05, 0.1) is 17.8 Å². The zero-order valence-electron chi connectivity index (χ0n) is 20.2. The Labute approximate surface area is 226 Å². The fraction of sp³-hybridized carbons (Fsp3) is 0.0714. The Morgan fingerprint density at radius 3 is 2.45 bits per heavy atom. The standard InChI is InChI=1S/C28H23BrN4O5/c1-37-24-14-17(15-31-33-28(36)27(35)32-21-11-9-19(10-12-21)26(30)34)13-23(29)25(24)38-16-20-7-4-6-18-5-2-3-8-22(18)20/h2-15H,16H2,1H3,(H2,30,34)(H,32,35)(H,33,36)/b31-15+. The van der Waals surface area contributed by atoms with E-state index in [4.69, 9.17) is 15.2 Å². The molecule has 0 aromatic heterocycles. The summed E-state index contributed by atoms with van der Waals surface area (Å²) in [7, 11) is 1.52. The molecule has 192 valence electrons. The van der Waals surface area contributed by atoms with Gasteiger partial charge in [0.1, 0.15) is 6.61 Å². The van der Waals surface area contributed by atoms with E-state index in [-0.39, 0.29) is 5.56 Å². The summed E-state index contributed by atoms with van der Waals surface area (Å²) >= 11 is 3.51. The minimum Gasteiger partial charge on any atom is -0.493 e. The summed E-state index contributed by atoms with van der Waals surface area (Å²) in [6.45, 7) is 0.334. The van der Waals surface area contributed by atoms with E-state index in [2.05, 4.69) is 43.9 Å². The molecule has 0 aliphatic carbocycles. The van der Waals surface area contributed by atoms with Gasteiger partial charge in [0.25, 0.3) is 0 Å². The van der Waals surface area contributed by atoms with Crippen LogP contribution in [0.25, 0.3) is 10.8 Å². The SMILES string of the molecule is COc1cc(/C=N/NC(=O)C(=O)Nc2ccc(C(N)=O)cc2)cc(Br)c1OCc1cccc2ccccc12. The van der Waals surface area contributed by atoms with Crippen LogP contribution in [-0.4, -0.2) is 31.0 Å². The first-order valence-corrected chi connectivity index (χ1v) is 12.2. The van der Waals surface area contributed by atoms with Crippen LogP contribution in [0, 0.1) is 0 Å². The molecule has 4 rings (SSSR count). The number of methoxy groups -OCH3 is 1. The minimum absolute atomic E-state index is 0.281. The van der Waals surface area contributed by atoms with Crippen LogP contribution < -0.4 is 25.9 Å². The highest BCUT2D eigenvalue weighted by molar-refractivity contribution is 9.10. The molecular formula is C28H23BrN4O5. The molecular weight excluding hydrogens is 552 g/mol. The van der Waals surface area contributed by atoms with Crippen LogP contribution in [0.15, 0.2) is 88.4 Å². The molecule has 0 fully saturated rings. The van der Waals surface area contributed by atoms with Crippen molar-refractivity contribution in [3.05, 3.63) is 100 Å². The second kappa shape index (κ2) is 12.0. The number of halogens is 1.